The van der Waals surface area contributed by atoms with Crippen molar-refractivity contribution >= 4 is 34.9 Å². The van der Waals surface area contributed by atoms with Gasteiger partial charge in [-0.2, -0.15) is 0 Å². The molecule has 4 amide bonds. The van der Waals surface area contributed by atoms with Crippen molar-refractivity contribution in [3.63, 3.8) is 0 Å². The van der Waals surface area contributed by atoms with E-state index in [1.54, 1.807) is 12.1 Å². The Bertz CT molecular complexity index is 1240. The normalized spacial score (nSPS) is 24.4. The van der Waals surface area contributed by atoms with Gasteiger partial charge in [0.2, 0.25) is 5.91 Å². The van der Waals surface area contributed by atoms with Crippen LogP contribution in [0.1, 0.15) is 42.4 Å². The summed E-state index contributed by atoms with van der Waals surface area (Å²) in [5.74, 6) is -1.19. The number of carbonyl (C=O) groups excluding carboxylic acids is 3. The monoisotopic (exact) mass is 462 g/mol. The number of urea groups is 1. The van der Waals surface area contributed by atoms with Gasteiger partial charge in [0.15, 0.2) is 5.41 Å². The van der Waals surface area contributed by atoms with Gasteiger partial charge < -0.3 is 4.90 Å². The molecule has 2 unspecified atom stereocenters. The first-order valence-electron chi connectivity index (χ1n) is 11.6. The van der Waals surface area contributed by atoms with Crippen LogP contribution < -0.4 is 15.1 Å². The predicted molar refractivity (Wildman–Crippen MR) is 126 cm³/mol. The summed E-state index contributed by atoms with van der Waals surface area (Å²) >= 11 is 0. The molecule has 3 aliphatic heterocycles. The number of hydrogen-bond acceptors (Lipinski definition) is 6. The van der Waals surface area contributed by atoms with Crippen LogP contribution in [-0.2, 0) is 16.0 Å². The molecule has 3 heterocycles. The number of nitro benzene ring substituents is 1. The average Bonchev–Trinajstić information content (AvgIpc) is 3.05. The third-order valence-electron chi connectivity index (χ3n) is 7.38. The number of imide groups is 2. The van der Waals surface area contributed by atoms with E-state index in [0.29, 0.717) is 24.2 Å². The summed E-state index contributed by atoms with van der Waals surface area (Å²) in [7, 11) is 0. The largest absolute Gasteiger partial charge is 0.367 e. The number of nitrogens with one attached hydrogen (secondary N) is 1. The first-order chi connectivity index (χ1) is 16.2. The van der Waals surface area contributed by atoms with E-state index in [4.69, 9.17) is 0 Å². The van der Waals surface area contributed by atoms with Crippen LogP contribution in [0.4, 0.5) is 21.9 Å². The van der Waals surface area contributed by atoms with E-state index < -0.39 is 34.2 Å². The lowest BCUT2D eigenvalue weighted by atomic mass is 9.67. The maximum atomic E-state index is 14.2. The molecule has 1 N–H and O–H groups in total. The quantitative estimate of drug-likeness (QED) is 0.413. The van der Waals surface area contributed by atoms with Crippen LogP contribution in [0, 0.1) is 29.4 Å². The molecule has 0 aromatic heterocycles. The molecule has 0 aliphatic carbocycles. The second kappa shape index (κ2) is 7.93. The minimum Gasteiger partial charge on any atom is -0.367 e. The van der Waals surface area contributed by atoms with Gasteiger partial charge in [-0.1, -0.05) is 30.5 Å². The number of rotatable bonds is 2. The van der Waals surface area contributed by atoms with Crippen LogP contribution in [0.15, 0.2) is 36.4 Å². The van der Waals surface area contributed by atoms with Crippen LogP contribution in [0.5, 0.6) is 0 Å². The van der Waals surface area contributed by atoms with E-state index in [0.717, 1.165) is 41.0 Å². The lowest BCUT2D eigenvalue weighted by Crippen LogP contribution is -2.72. The van der Waals surface area contributed by atoms with E-state index in [-0.39, 0.29) is 12.1 Å². The molecule has 1 spiro atoms. The van der Waals surface area contributed by atoms with Crippen molar-refractivity contribution in [2.24, 2.45) is 5.41 Å². The molecule has 5 rings (SSSR count). The molecule has 0 bridgehead atoms. The zero-order valence-electron chi connectivity index (χ0n) is 19.2. The molecule has 9 heteroatoms. The Labute approximate surface area is 196 Å². The molecule has 2 atom stereocenters. The van der Waals surface area contributed by atoms with E-state index in [1.165, 1.54) is 12.1 Å². The highest BCUT2D eigenvalue weighted by molar-refractivity contribution is 6.31. The Kier molecular flexibility index (Phi) is 5.15. The summed E-state index contributed by atoms with van der Waals surface area (Å²) in [5, 5.41) is 13.9. The van der Waals surface area contributed by atoms with Crippen LogP contribution in [-0.4, -0.2) is 35.4 Å². The number of benzene rings is 2. The standard InChI is InChI=1S/C25H26N4O5/c1-15-7-9-19(16(2)12-15)28-23(31)25(22(30)26-24(28)32)14-17-13-18(29(33)34)8-10-20(17)27-11-5-3-4-6-21(25)27/h7-10,12-13,21H,3-6,11,14H2,1-2H3,(H,26,30,32). The lowest BCUT2D eigenvalue weighted by molar-refractivity contribution is -0.384. The summed E-state index contributed by atoms with van der Waals surface area (Å²) in [6, 6.07) is 8.86. The second-order valence-corrected chi connectivity index (χ2v) is 9.47. The third-order valence-corrected chi connectivity index (χ3v) is 7.38. The van der Waals surface area contributed by atoms with Crippen molar-refractivity contribution in [1.82, 2.24) is 5.32 Å². The Hall–Kier alpha value is -3.75. The van der Waals surface area contributed by atoms with Crippen molar-refractivity contribution in [1.29, 1.82) is 0 Å². The van der Waals surface area contributed by atoms with E-state index in [1.807, 2.05) is 26.0 Å². The molecule has 2 saturated heterocycles. The smallest absolute Gasteiger partial charge is 0.335 e. The fourth-order valence-electron chi connectivity index (χ4n) is 5.81. The summed E-state index contributed by atoms with van der Waals surface area (Å²) in [6.45, 7) is 4.38. The minimum absolute atomic E-state index is 0.00450. The number of nitrogens with zero attached hydrogens (tertiary/aromatic N) is 3. The zero-order valence-corrected chi connectivity index (χ0v) is 19.2. The molecular formula is C25H26N4O5. The summed E-state index contributed by atoms with van der Waals surface area (Å²) in [6.07, 6.45) is 3.32. The predicted octanol–water partition coefficient (Wildman–Crippen LogP) is 3.79. The number of carbonyl (C=O) groups is 3. The van der Waals surface area contributed by atoms with Crippen LogP contribution in [0.3, 0.4) is 0 Å². The Morgan fingerprint density at radius 1 is 1.03 bits per heavy atom. The number of fused-ring (bicyclic) bond motifs is 4. The SMILES string of the molecule is Cc1ccc(N2C(=O)NC(=O)C3(Cc4cc([N+](=O)[O-])ccc4N4CCCCCC43)C2=O)c(C)c1. The van der Waals surface area contributed by atoms with Crippen molar-refractivity contribution in [3.8, 4) is 0 Å². The van der Waals surface area contributed by atoms with Crippen LogP contribution in [0.25, 0.3) is 0 Å². The number of non-ortho nitro benzene ring substituents is 1. The molecule has 2 aromatic carbocycles. The first-order valence-corrected chi connectivity index (χ1v) is 11.6. The summed E-state index contributed by atoms with van der Waals surface area (Å²) < 4.78 is 0. The fourth-order valence-corrected chi connectivity index (χ4v) is 5.81. The highest BCUT2D eigenvalue weighted by Gasteiger charge is 2.62. The van der Waals surface area contributed by atoms with E-state index in [2.05, 4.69) is 10.2 Å². The molecule has 2 fully saturated rings. The molecular weight excluding hydrogens is 436 g/mol. The third kappa shape index (κ3) is 3.18. The van der Waals surface area contributed by atoms with Gasteiger partial charge in [0, 0.05) is 30.8 Å². The number of barbiturate groups is 1. The van der Waals surface area contributed by atoms with Gasteiger partial charge in [-0.3, -0.25) is 25.0 Å². The molecule has 34 heavy (non-hydrogen) atoms. The van der Waals surface area contributed by atoms with Crippen molar-refractivity contribution in [2.45, 2.75) is 52.0 Å². The van der Waals surface area contributed by atoms with Crippen LogP contribution >= 0.6 is 0 Å². The number of aryl methyl sites for hydroxylation is 2. The number of hydrogen-bond donors (Lipinski definition) is 1. The summed E-state index contributed by atoms with van der Waals surface area (Å²) in [4.78, 5) is 54.9. The molecule has 2 aromatic rings. The van der Waals surface area contributed by atoms with Gasteiger partial charge in [0.25, 0.3) is 11.6 Å². The van der Waals surface area contributed by atoms with Gasteiger partial charge >= 0.3 is 6.03 Å². The highest BCUT2D eigenvalue weighted by atomic mass is 16.6. The lowest BCUT2D eigenvalue weighted by Gasteiger charge is -2.51. The highest BCUT2D eigenvalue weighted by Crippen LogP contribution is 2.48. The Morgan fingerprint density at radius 2 is 1.79 bits per heavy atom. The summed E-state index contributed by atoms with van der Waals surface area (Å²) in [5.41, 5.74) is 1.92. The second-order valence-electron chi connectivity index (χ2n) is 9.47. The van der Waals surface area contributed by atoms with Crippen molar-refractivity contribution in [3.05, 3.63) is 63.2 Å². The topological polar surface area (TPSA) is 113 Å². The van der Waals surface area contributed by atoms with Gasteiger partial charge in [0.1, 0.15) is 0 Å². The Morgan fingerprint density at radius 3 is 2.53 bits per heavy atom. The average molecular weight is 463 g/mol. The molecule has 3 aliphatic rings. The number of nitro groups is 1. The maximum absolute atomic E-state index is 14.2. The molecule has 9 nitrogen and oxygen atoms in total. The minimum atomic E-state index is -1.56. The van der Waals surface area contributed by atoms with Gasteiger partial charge in [-0.25, -0.2) is 9.69 Å². The van der Waals surface area contributed by atoms with Crippen molar-refractivity contribution in [2.75, 3.05) is 16.3 Å². The maximum Gasteiger partial charge on any atom is 0.335 e. The van der Waals surface area contributed by atoms with E-state index >= 15 is 0 Å². The van der Waals surface area contributed by atoms with Gasteiger partial charge in [-0.05, 0) is 49.9 Å². The zero-order chi connectivity index (χ0) is 24.2. The fraction of sp³-hybridized carbons (Fsp3) is 0.400. The Balaban J connectivity index is 1.69. The number of anilines is 2. The molecule has 0 radical (unpaired) electrons. The van der Waals surface area contributed by atoms with Crippen molar-refractivity contribution < 1.29 is 19.3 Å². The first kappa shape index (κ1) is 22.1. The molecule has 0 saturated carbocycles. The number of amides is 4. The van der Waals surface area contributed by atoms with Gasteiger partial charge in [0.05, 0.1) is 16.7 Å². The van der Waals surface area contributed by atoms with Gasteiger partial charge in [-0.15, -0.1) is 0 Å². The molecule has 176 valence electrons. The van der Waals surface area contributed by atoms with E-state index in [9.17, 15) is 24.5 Å². The van der Waals surface area contributed by atoms with Crippen LogP contribution in [0.2, 0.25) is 0 Å².